The minimum Gasteiger partial charge on any atom is -0.472 e. The summed E-state index contributed by atoms with van der Waals surface area (Å²) in [5, 5.41) is 7.39. The molecule has 0 unspecified atom stereocenters. The van der Waals surface area contributed by atoms with Crippen LogP contribution < -0.4 is 10.1 Å². The molecule has 0 aliphatic carbocycles. The summed E-state index contributed by atoms with van der Waals surface area (Å²) in [7, 11) is 0. The fourth-order valence-electron chi connectivity index (χ4n) is 1.34. The molecule has 2 heterocycles. The molecule has 5 heteroatoms. The summed E-state index contributed by atoms with van der Waals surface area (Å²) in [6.45, 7) is 4.67. The zero-order chi connectivity index (χ0) is 12.1. The summed E-state index contributed by atoms with van der Waals surface area (Å²) >= 11 is 1.68. The lowest BCUT2D eigenvalue weighted by molar-refractivity contribution is 0.233. The molecule has 0 fully saturated rings. The summed E-state index contributed by atoms with van der Waals surface area (Å²) in [4.78, 5) is 8.41. The highest BCUT2D eigenvalue weighted by atomic mass is 32.1. The van der Waals surface area contributed by atoms with E-state index in [0.29, 0.717) is 11.7 Å². The van der Waals surface area contributed by atoms with E-state index in [9.17, 15) is 0 Å². The fourth-order valence-corrected chi connectivity index (χ4v) is 2.00. The van der Waals surface area contributed by atoms with Crippen molar-refractivity contribution in [1.29, 1.82) is 0 Å². The molecule has 2 rings (SSSR count). The van der Waals surface area contributed by atoms with Crippen LogP contribution in [-0.2, 0) is 6.54 Å². The van der Waals surface area contributed by atoms with Gasteiger partial charge in [0.25, 0.3) is 5.88 Å². The van der Waals surface area contributed by atoms with Gasteiger partial charge < -0.3 is 10.1 Å². The molecule has 0 atom stereocenters. The van der Waals surface area contributed by atoms with Gasteiger partial charge in [-0.2, -0.15) is 11.3 Å². The number of hydrogen-bond acceptors (Lipinski definition) is 5. The van der Waals surface area contributed by atoms with E-state index >= 15 is 0 Å². The second kappa shape index (κ2) is 5.63. The van der Waals surface area contributed by atoms with Crippen molar-refractivity contribution < 1.29 is 4.74 Å². The van der Waals surface area contributed by atoms with Gasteiger partial charge in [0, 0.05) is 18.9 Å². The number of ether oxygens (including phenoxy) is 1. The SMILES string of the molecule is CC(C)Oc1nccnc1NCc1ccsc1. The Morgan fingerprint density at radius 3 is 2.88 bits per heavy atom. The van der Waals surface area contributed by atoms with E-state index in [0.717, 1.165) is 6.54 Å². The molecule has 1 N–H and O–H groups in total. The zero-order valence-corrected chi connectivity index (χ0v) is 10.7. The molecule has 0 bridgehead atoms. The maximum atomic E-state index is 5.58. The van der Waals surface area contributed by atoms with Gasteiger partial charge in [-0.1, -0.05) is 0 Å². The largest absolute Gasteiger partial charge is 0.472 e. The Labute approximate surface area is 105 Å². The van der Waals surface area contributed by atoms with E-state index in [4.69, 9.17) is 4.74 Å². The minimum atomic E-state index is 0.0911. The number of nitrogens with zero attached hydrogens (tertiary/aromatic N) is 2. The fraction of sp³-hybridized carbons (Fsp3) is 0.333. The topological polar surface area (TPSA) is 47.0 Å². The molecule has 0 saturated carbocycles. The third-order valence-corrected chi connectivity index (χ3v) is 2.78. The first kappa shape index (κ1) is 11.9. The van der Waals surface area contributed by atoms with Crippen molar-refractivity contribution in [3.63, 3.8) is 0 Å². The number of rotatable bonds is 5. The van der Waals surface area contributed by atoms with Crippen LogP contribution >= 0.6 is 11.3 Å². The van der Waals surface area contributed by atoms with Crippen molar-refractivity contribution in [2.45, 2.75) is 26.5 Å². The van der Waals surface area contributed by atoms with Crippen LogP contribution in [0.3, 0.4) is 0 Å². The molecular formula is C12H15N3OS. The molecule has 0 spiro atoms. The van der Waals surface area contributed by atoms with Crippen molar-refractivity contribution in [2.75, 3.05) is 5.32 Å². The lowest BCUT2D eigenvalue weighted by Crippen LogP contribution is -2.10. The van der Waals surface area contributed by atoms with Crippen LogP contribution in [0.1, 0.15) is 19.4 Å². The Hall–Kier alpha value is -1.62. The van der Waals surface area contributed by atoms with Crippen LogP contribution in [0, 0.1) is 0 Å². The van der Waals surface area contributed by atoms with Gasteiger partial charge in [0.1, 0.15) is 0 Å². The quantitative estimate of drug-likeness (QED) is 0.885. The van der Waals surface area contributed by atoms with Crippen LogP contribution in [0.5, 0.6) is 5.88 Å². The minimum absolute atomic E-state index is 0.0911. The first-order valence-electron chi connectivity index (χ1n) is 5.48. The molecule has 0 radical (unpaired) electrons. The van der Waals surface area contributed by atoms with Gasteiger partial charge in [0.05, 0.1) is 6.10 Å². The highest BCUT2D eigenvalue weighted by molar-refractivity contribution is 7.07. The van der Waals surface area contributed by atoms with E-state index in [1.165, 1.54) is 5.56 Å². The average molecular weight is 249 g/mol. The normalized spacial score (nSPS) is 10.5. The van der Waals surface area contributed by atoms with Gasteiger partial charge in [-0.3, -0.25) is 0 Å². The lowest BCUT2D eigenvalue weighted by atomic mass is 10.3. The van der Waals surface area contributed by atoms with Crippen molar-refractivity contribution in [2.24, 2.45) is 0 Å². The molecule has 0 amide bonds. The van der Waals surface area contributed by atoms with Crippen LogP contribution in [0.4, 0.5) is 5.82 Å². The number of nitrogens with one attached hydrogen (secondary N) is 1. The van der Waals surface area contributed by atoms with Crippen molar-refractivity contribution >= 4 is 17.2 Å². The van der Waals surface area contributed by atoms with E-state index in [1.54, 1.807) is 23.7 Å². The van der Waals surface area contributed by atoms with Crippen molar-refractivity contribution in [3.8, 4) is 5.88 Å². The third kappa shape index (κ3) is 3.42. The molecule has 0 aliphatic heterocycles. The van der Waals surface area contributed by atoms with Crippen LogP contribution in [0.2, 0.25) is 0 Å². The molecular weight excluding hydrogens is 234 g/mol. The van der Waals surface area contributed by atoms with Crippen LogP contribution in [-0.4, -0.2) is 16.1 Å². The number of aromatic nitrogens is 2. The number of hydrogen-bond donors (Lipinski definition) is 1. The Balaban J connectivity index is 2.04. The Bertz CT molecular complexity index is 457. The van der Waals surface area contributed by atoms with Gasteiger partial charge in [-0.05, 0) is 36.2 Å². The van der Waals surface area contributed by atoms with Crippen LogP contribution in [0.15, 0.2) is 29.2 Å². The predicted molar refractivity (Wildman–Crippen MR) is 69.4 cm³/mol. The molecule has 2 aromatic heterocycles. The number of thiophene rings is 1. The average Bonchev–Trinajstić information content (AvgIpc) is 2.80. The van der Waals surface area contributed by atoms with Crippen LogP contribution in [0.25, 0.3) is 0 Å². The van der Waals surface area contributed by atoms with Gasteiger partial charge in [0.15, 0.2) is 5.82 Å². The zero-order valence-electron chi connectivity index (χ0n) is 9.88. The maximum Gasteiger partial charge on any atom is 0.257 e. The van der Waals surface area contributed by atoms with Crippen molar-refractivity contribution in [3.05, 3.63) is 34.8 Å². The van der Waals surface area contributed by atoms with Crippen molar-refractivity contribution in [1.82, 2.24) is 9.97 Å². The first-order valence-corrected chi connectivity index (χ1v) is 6.42. The highest BCUT2D eigenvalue weighted by Gasteiger charge is 2.07. The second-order valence-electron chi connectivity index (χ2n) is 3.86. The molecule has 0 aromatic carbocycles. The van der Waals surface area contributed by atoms with Gasteiger partial charge in [-0.25, -0.2) is 9.97 Å². The molecule has 17 heavy (non-hydrogen) atoms. The maximum absolute atomic E-state index is 5.58. The first-order chi connectivity index (χ1) is 8.25. The summed E-state index contributed by atoms with van der Waals surface area (Å²) in [6, 6.07) is 2.08. The molecule has 0 saturated heterocycles. The monoisotopic (exact) mass is 249 g/mol. The molecule has 0 aliphatic rings. The van der Waals surface area contributed by atoms with E-state index in [2.05, 4.69) is 32.1 Å². The molecule has 2 aromatic rings. The van der Waals surface area contributed by atoms with E-state index in [1.807, 2.05) is 13.8 Å². The highest BCUT2D eigenvalue weighted by Crippen LogP contribution is 2.19. The predicted octanol–water partition coefficient (Wildman–Crippen LogP) is 2.94. The van der Waals surface area contributed by atoms with Gasteiger partial charge >= 0.3 is 0 Å². The van der Waals surface area contributed by atoms with E-state index in [-0.39, 0.29) is 6.10 Å². The Morgan fingerprint density at radius 1 is 1.35 bits per heavy atom. The lowest BCUT2D eigenvalue weighted by Gasteiger charge is -2.12. The van der Waals surface area contributed by atoms with Gasteiger partial charge in [-0.15, -0.1) is 0 Å². The third-order valence-electron chi connectivity index (χ3n) is 2.05. The summed E-state index contributed by atoms with van der Waals surface area (Å²) < 4.78 is 5.58. The van der Waals surface area contributed by atoms with Gasteiger partial charge in [0.2, 0.25) is 0 Å². The Kier molecular flexibility index (Phi) is 3.93. The Morgan fingerprint density at radius 2 is 2.18 bits per heavy atom. The summed E-state index contributed by atoms with van der Waals surface area (Å²) in [6.07, 6.45) is 3.38. The molecule has 4 nitrogen and oxygen atoms in total. The molecule has 90 valence electrons. The standard InChI is InChI=1S/C12H15N3OS/c1-9(2)16-12-11(13-4-5-14-12)15-7-10-3-6-17-8-10/h3-6,8-9H,7H2,1-2H3,(H,13,15). The summed E-state index contributed by atoms with van der Waals surface area (Å²) in [5.74, 6) is 1.24. The smallest absolute Gasteiger partial charge is 0.257 e. The second-order valence-corrected chi connectivity index (χ2v) is 4.64. The number of anilines is 1. The summed E-state index contributed by atoms with van der Waals surface area (Å²) in [5.41, 5.74) is 1.23. The van der Waals surface area contributed by atoms with E-state index < -0.39 is 0 Å².